The van der Waals surface area contributed by atoms with Gasteiger partial charge in [-0.25, -0.2) is 0 Å². The van der Waals surface area contributed by atoms with Gasteiger partial charge in [-0.3, -0.25) is 4.98 Å². The van der Waals surface area contributed by atoms with Gasteiger partial charge < -0.3 is 0 Å². The fourth-order valence-corrected chi connectivity index (χ4v) is 5.01. The maximum absolute atomic E-state index is 4.57. The number of unbranched alkanes of at least 4 members (excludes halogenated alkanes) is 2. The third-order valence-electron chi connectivity index (χ3n) is 7.30. The highest BCUT2D eigenvalue weighted by Crippen LogP contribution is 2.34. The van der Waals surface area contributed by atoms with Crippen molar-refractivity contribution in [3.63, 3.8) is 0 Å². The van der Waals surface area contributed by atoms with Crippen LogP contribution in [-0.4, -0.2) is 4.98 Å². The molecular weight excluding hydrogens is 458 g/mol. The normalized spacial score (nSPS) is 11.0. The summed E-state index contributed by atoms with van der Waals surface area (Å²) in [5, 5.41) is 0. The van der Waals surface area contributed by atoms with Gasteiger partial charge in [0.2, 0.25) is 0 Å². The molecule has 5 rings (SSSR count). The summed E-state index contributed by atoms with van der Waals surface area (Å²) >= 11 is 0. The van der Waals surface area contributed by atoms with Crippen LogP contribution in [0.2, 0.25) is 0 Å². The average Bonchev–Trinajstić information content (AvgIpc) is 3.00. The number of aryl methyl sites for hydroxylation is 2. The van der Waals surface area contributed by atoms with Gasteiger partial charge in [0.15, 0.2) is 0 Å². The Kier molecular flexibility index (Phi) is 8.46. The molecule has 190 valence electrons. The van der Waals surface area contributed by atoms with Gasteiger partial charge in [0, 0.05) is 11.8 Å². The van der Waals surface area contributed by atoms with E-state index in [1.54, 1.807) is 0 Å². The second kappa shape index (κ2) is 12.5. The van der Waals surface area contributed by atoms with E-state index in [0.717, 1.165) is 24.1 Å². The van der Waals surface area contributed by atoms with Crippen molar-refractivity contribution in [2.75, 3.05) is 0 Å². The number of nitrogens with zero attached hydrogens (tertiary/aromatic N) is 1. The predicted octanol–water partition coefficient (Wildman–Crippen LogP) is 10.4. The van der Waals surface area contributed by atoms with E-state index in [-0.39, 0.29) is 0 Å². The zero-order valence-corrected chi connectivity index (χ0v) is 22.7. The quantitative estimate of drug-likeness (QED) is 0.188. The van der Waals surface area contributed by atoms with Crippen molar-refractivity contribution >= 4 is 0 Å². The largest absolute Gasteiger partial charge is 0.256 e. The fourth-order valence-electron chi connectivity index (χ4n) is 5.01. The number of rotatable bonds is 10. The molecule has 0 aliphatic heterocycles. The summed E-state index contributed by atoms with van der Waals surface area (Å²) in [7, 11) is 0. The molecule has 0 saturated carbocycles. The minimum atomic E-state index is 0.996. The smallest absolute Gasteiger partial charge is 0.0702 e. The van der Waals surface area contributed by atoms with Gasteiger partial charge >= 0.3 is 0 Å². The lowest BCUT2D eigenvalue weighted by molar-refractivity contribution is 0.795. The summed E-state index contributed by atoms with van der Waals surface area (Å²) in [6.07, 6.45) is 9.07. The molecule has 0 N–H and O–H groups in total. The standard InChI is InChI=1S/C37H37N/c1-3-5-10-28-15-19-30(20-16-28)34-25-35(31-21-17-29(18-22-31)11-6-4-2)27-36(26-34)32-12-9-13-33(24-32)37-14-7-8-23-38-37/h7-9,12-27H,3-6,10-11H2,1-2H3. The third-order valence-corrected chi connectivity index (χ3v) is 7.30. The number of benzene rings is 4. The predicted molar refractivity (Wildman–Crippen MR) is 163 cm³/mol. The molecule has 5 aromatic rings. The SMILES string of the molecule is CCCCc1ccc(-c2cc(-c3ccc(CCCC)cc3)cc(-c3cccc(-c4ccccn4)c3)c2)cc1. The van der Waals surface area contributed by atoms with Crippen molar-refractivity contribution in [3.05, 3.63) is 127 Å². The van der Waals surface area contributed by atoms with Crippen LogP contribution in [0.15, 0.2) is 115 Å². The van der Waals surface area contributed by atoms with E-state index < -0.39 is 0 Å². The molecule has 0 bridgehead atoms. The van der Waals surface area contributed by atoms with Crippen LogP contribution in [0.1, 0.15) is 50.7 Å². The van der Waals surface area contributed by atoms with E-state index in [0.29, 0.717) is 0 Å². The molecular formula is C37H37N. The molecule has 0 saturated heterocycles. The topological polar surface area (TPSA) is 12.9 Å². The molecule has 38 heavy (non-hydrogen) atoms. The Bertz CT molecular complexity index is 1380. The molecule has 1 heterocycles. The van der Waals surface area contributed by atoms with Crippen LogP contribution >= 0.6 is 0 Å². The van der Waals surface area contributed by atoms with Crippen LogP contribution in [0.3, 0.4) is 0 Å². The van der Waals surface area contributed by atoms with Gasteiger partial charge in [-0.15, -0.1) is 0 Å². The number of aromatic nitrogens is 1. The molecule has 4 aromatic carbocycles. The van der Waals surface area contributed by atoms with E-state index in [1.165, 1.54) is 70.2 Å². The molecule has 0 fully saturated rings. The molecule has 0 radical (unpaired) electrons. The zero-order valence-electron chi connectivity index (χ0n) is 22.7. The van der Waals surface area contributed by atoms with E-state index >= 15 is 0 Å². The number of pyridine rings is 1. The van der Waals surface area contributed by atoms with Gasteiger partial charge in [-0.1, -0.05) is 99.5 Å². The first kappa shape index (κ1) is 25.7. The summed E-state index contributed by atoms with van der Waals surface area (Å²) in [5.41, 5.74) is 12.4. The molecule has 1 nitrogen and oxygen atoms in total. The Morgan fingerprint density at radius 1 is 0.447 bits per heavy atom. The van der Waals surface area contributed by atoms with E-state index in [9.17, 15) is 0 Å². The van der Waals surface area contributed by atoms with Crippen molar-refractivity contribution < 1.29 is 0 Å². The van der Waals surface area contributed by atoms with Crippen molar-refractivity contribution in [1.29, 1.82) is 0 Å². The van der Waals surface area contributed by atoms with Crippen molar-refractivity contribution in [2.45, 2.75) is 52.4 Å². The van der Waals surface area contributed by atoms with Gasteiger partial charge in [0.05, 0.1) is 5.69 Å². The molecule has 0 spiro atoms. The molecule has 0 atom stereocenters. The Balaban J connectivity index is 1.56. The fraction of sp³-hybridized carbons (Fsp3) is 0.216. The Labute approximate surface area is 228 Å². The maximum atomic E-state index is 4.57. The van der Waals surface area contributed by atoms with Crippen molar-refractivity contribution in [3.8, 4) is 44.6 Å². The lowest BCUT2D eigenvalue weighted by Crippen LogP contribution is -1.89. The Hall–Kier alpha value is -3.97. The summed E-state index contributed by atoms with van der Waals surface area (Å²) in [6, 6.07) is 40.1. The molecule has 1 aromatic heterocycles. The van der Waals surface area contributed by atoms with E-state index in [1.807, 2.05) is 18.3 Å². The number of hydrogen-bond donors (Lipinski definition) is 0. The summed E-state index contributed by atoms with van der Waals surface area (Å²) < 4.78 is 0. The van der Waals surface area contributed by atoms with Gasteiger partial charge in [-0.05, 0) is 107 Å². The first-order valence-corrected chi connectivity index (χ1v) is 14.1. The first-order chi connectivity index (χ1) is 18.7. The third kappa shape index (κ3) is 6.29. The van der Waals surface area contributed by atoms with Gasteiger partial charge in [0.25, 0.3) is 0 Å². The average molecular weight is 496 g/mol. The van der Waals surface area contributed by atoms with Crippen LogP contribution in [0.5, 0.6) is 0 Å². The summed E-state index contributed by atoms with van der Waals surface area (Å²) in [6.45, 7) is 4.50. The van der Waals surface area contributed by atoms with E-state index in [4.69, 9.17) is 0 Å². The maximum Gasteiger partial charge on any atom is 0.0702 e. The second-order valence-corrected chi connectivity index (χ2v) is 10.2. The van der Waals surface area contributed by atoms with Crippen LogP contribution in [0.25, 0.3) is 44.6 Å². The molecule has 0 unspecified atom stereocenters. The van der Waals surface area contributed by atoms with Crippen LogP contribution in [0, 0.1) is 0 Å². The van der Waals surface area contributed by atoms with Gasteiger partial charge in [-0.2, -0.15) is 0 Å². The minimum Gasteiger partial charge on any atom is -0.256 e. The highest BCUT2D eigenvalue weighted by atomic mass is 14.7. The Morgan fingerprint density at radius 2 is 0.947 bits per heavy atom. The molecule has 0 amide bonds. The first-order valence-electron chi connectivity index (χ1n) is 14.1. The molecule has 1 heteroatoms. The summed E-state index contributed by atoms with van der Waals surface area (Å²) in [5.74, 6) is 0. The zero-order chi connectivity index (χ0) is 26.2. The lowest BCUT2D eigenvalue weighted by atomic mass is 9.91. The summed E-state index contributed by atoms with van der Waals surface area (Å²) in [4.78, 5) is 4.57. The lowest BCUT2D eigenvalue weighted by Gasteiger charge is -2.13. The number of hydrogen-bond acceptors (Lipinski definition) is 1. The monoisotopic (exact) mass is 495 g/mol. The Morgan fingerprint density at radius 3 is 1.45 bits per heavy atom. The molecule has 0 aliphatic rings. The van der Waals surface area contributed by atoms with Crippen LogP contribution in [-0.2, 0) is 12.8 Å². The van der Waals surface area contributed by atoms with Crippen LogP contribution in [0.4, 0.5) is 0 Å². The highest BCUT2D eigenvalue weighted by molar-refractivity contribution is 5.82. The molecule has 0 aliphatic carbocycles. The highest BCUT2D eigenvalue weighted by Gasteiger charge is 2.10. The van der Waals surface area contributed by atoms with E-state index in [2.05, 4.69) is 116 Å². The minimum absolute atomic E-state index is 0.996. The van der Waals surface area contributed by atoms with Crippen LogP contribution < -0.4 is 0 Å². The van der Waals surface area contributed by atoms with Crippen molar-refractivity contribution in [2.24, 2.45) is 0 Å². The second-order valence-electron chi connectivity index (χ2n) is 10.2. The van der Waals surface area contributed by atoms with Gasteiger partial charge in [0.1, 0.15) is 0 Å². The van der Waals surface area contributed by atoms with Crippen molar-refractivity contribution in [1.82, 2.24) is 4.98 Å².